The maximum absolute atomic E-state index is 13.0. The van der Waals surface area contributed by atoms with Gasteiger partial charge in [-0.3, -0.25) is 9.59 Å². The minimum atomic E-state index is -0.357. The van der Waals surface area contributed by atoms with Gasteiger partial charge in [0.05, 0.1) is 6.54 Å². The largest absolute Gasteiger partial charge is 0.485 e. The number of hydrogen-bond acceptors (Lipinski definition) is 3. The first-order chi connectivity index (χ1) is 12.8. The number of hydrogen-bond donors (Lipinski definition) is 0. The Morgan fingerprint density at radius 2 is 1.96 bits per heavy atom. The van der Waals surface area contributed by atoms with Crippen molar-refractivity contribution in [1.29, 1.82) is 0 Å². The van der Waals surface area contributed by atoms with E-state index in [9.17, 15) is 9.59 Å². The molecule has 27 heavy (non-hydrogen) atoms. The molecule has 2 amide bonds. The number of para-hydroxylation sites is 1. The molecule has 1 saturated carbocycles. The van der Waals surface area contributed by atoms with Gasteiger partial charge in [0.1, 0.15) is 11.4 Å². The van der Waals surface area contributed by atoms with Crippen molar-refractivity contribution in [1.82, 2.24) is 9.80 Å². The summed E-state index contributed by atoms with van der Waals surface area (Å²) in [4.78, 5) is 28.6. The first-order valence-electron chi connectivity index (χ1n) is 10.1. The Balaban J connectivity index is 1.84. The molecule has 1 atom stereocenters. The highest BCUT2D eigenvalue weighted by molar-refractivity contribution is 5.78. The minimum absolute atomic E-state index is 0.0208. The van der Waals surface area contributed by atoms with Gasteiger partial charge in [-0.2, -0.15) is 0 Å². The van der Waals surface area contributed by atoms with Crippen molar-refractivity contribution in [3.8, 4) is 5.75 Å². The molecule has 3 rings (SSSR count). The second-order valence-corrected chi connectivity index (χ2v) is 8.26. The Bertz CT molecular complexity index is 695. The molecular formula is C22H32N2O3. The Labute approximate surface area is 162 Å². The van der Waals surface area contributed by atoms with Crippen LogP contribution in [-0.2, 0) is 16.1 Å². The second kappa shape index (κ2) is 7.91. The number of rotatable bonds is 3. The van der Waals surface area contributed by atoms with E-state index in [0.717, 1.165) is 43.4 Å². The fraction of sp³-hybridized carbons (Fsp3) is 0.636. The highest BCUT2D eigenvalue weighted by Gasteiger charge is 2.43. The first-order valence-corrected chi connectivity index (χ1v) is 10.1. The molecule has 1 fully saturated rings. The lowest BCUT2D eigenvalue weighted by Crippen LogP contribution is -2.53. The molecule has 1 aliphatic heterocycles. The lowest BCUT2D eigenvalue weighted by Gasteiger charge is -2.43. The van der Waals surface area contributed by atoms with E-state index in [1.54, 1.807) is 6.92 Å². The molecular weight excluding hydrogens is 340 g/mol. The zero-order chi connectivity index (χ0) is 19.6. The number of carbonyl (C=O) groups excluding carboxylic acids is 2. The maximum Gasteiger partial charge on any atom is 0.225 e. The smallest absolute Gasteiger partial charge is 0.225 e. The van der Waals surface area contributed by atoms with Crippen LogP contribution in [0.25, 0.3) is 0 Å². The number of amides is 2. The van der Waals surface area contributed by atoms with Crippen LogP contribution in [0.1, 0.15) is 58.4 Å². The normalized spacial score (nSPS) is 25.9. The molecule has 0 N–H and O–H groups in total. The van der Waals surface area contributed by atoms with Gasteiger partial charge in [-0.05, 0) is 38.2 Å². The van der Waals surface area contributed by atoms with Gasteiger partial charge in [0.2, 0.25) is 11.8 Å². The summed E-state index contributed by atoms with van der Waals surface area (Å²) in [5.41, 5.74) is 0.720. The van der Waals surface area contributed by atoms with E-state index in [4.69, 9.17) is 4.74 Å². The lowest BCUT2D eigenvalue weighted by molar-refractivity contribution is -0.139. The van der Waals surface area contributed by atoms with E-state index in [-0.39, 0.29) is 29.4 Å². The van der Waals surface area contributed by atoms with Crippen LogP contribution in [0.4, 0.5) is 0 Å². The molecule has 5 nitrogen and oxygen atoms in total. The Morgan fingerprint density at radius 1 is 1.30 bits per heavy atom. The molecule has 2 aliphatic rings. The number of nitrogens with zero attached hydrogens (tertiary/aromatic N) is 2. The Kier molecular flexibility index (Phi) is 5.78. The SMILES string of the molecule is CCC(C)C(=O)N1Cc2ccccc2OC2(CCC(N(C)C(C)=O)CC2)C1. The van der Waals surface area contributed by atoms with Crippen LogP contribution < -0.4 is 4.74 Å². The van der Waals surface area contributed by atoms with Crippen LogP contribution in [0, 0.1) is 5.92 Å². The summed E-state index contributed by atoms with van der Waals surface area (Å²) in [5.74, 6) is 1.24. The minimum Gasteiger partial charge on any atom is -0.485 e. The molecule has 5 heteroatoms. The second-order valence-electron chi connectivity index (χ2n) is 8.26. The van der Waals surface area contributed by atoms with E-state index < -0.39 is 0 Å². The van der Waals surface area contributed by atoms with Gasteiger partial charge >= 0.3 is 0 Å². The molecule has 0 aromatic heterocycles. The van der Waals surface area contributed by atoms with E-state index in [1.165, 1.54) is 0 Å². The molecule has 0 radical (unpaired) electrons. The van der Waals surface area contributed by atoms with Gasteiger partial charge in [-0.15, -0.1) is 0 Å². The predicted molar refractivity (Wildman–Crippen MR) is 105 cm³/mol. The summed E-state index contributed by atoms with van der Waals surface area (Å²) in [6.45, 7) is 6.92. The number of fused-ring (bicyclic) bond motifs is 1. The van der Waals surface area contributed by atoms with E-state index in [0.29, 0.717) is 13.1 Å². The quantitative estimate of drug-likeness (QED) is 0.814. The van der Waals surface area contributed by atoms with E-state index >= 15 is 0 Å². The van der Waals surface area contributed by atoms with Gasteiger partial charge in [-0.1, -0.05) is 32.0 Å². The average molecular weight is 373 g/mol. The number of ether oxygens (including phenoxy) is 1. The van der Waals surface area contributed by atoms with Crippen LogP contribution in [0.3, 0.4) is 0 Å². The van der Waals surface area contributed by atoms with Crippen molar-refractivity contribution in [2.75, 3.05) is 13.6 Å². The summed E-state index contributed by atoms with van der Waals surface area (Å²) < 4.78 is 6.57. The Hall–Kier alpha value is -2.04. The third-order valence-corrected chi connectivity index (χ3v) is 6.40. The fourth-order valence-corrected chi connectivity index (χ4v) is 4.28. The standard InChI is InChI=1S/C22H32N2O3/c1-5-16(2)21(26)24-14-18-8-6-7-9-20(18)27-22(15-24)12-10-19(11-13-22)23(4)17(3)25/h6-9,16,19H,5,10-15H2,1-4H3. The molecule has 1 heterocycles. The van der Waals surface area contributed by atoms with Crippen LogP contribution in [0.5, 0.6) is 5.75 Å². The molecule has 0 saturated heterocycles. The first kappa shape index (κ1) is 19.7. The van der Waals surface area contributed by atoms with Crippen molar-refractivity contribution >= 4 is 11.8 Å². The van der Waals surface area contributed by atoms with Gasteiger partial charge in [0.15, 0.2) is 0 Å². The zero-order valence-electron chi connectivity index (χ0n) is 17.0. The Morgan fingerprint density at radius 3 is 2.59 bits per heavy atom. The zero-order valence-corrected chi connectivity index (χ0v) is 17.0. The van der Waals surface area contributed by atoms with Crippen LogP contribution in [0.2, 0.25) is 0 Å². The molecule has 148 valence electrons. The average Bonchev–Trinajstić information content (AvgIpc) is 2.83. The van der Waals surface area contributed by atoms with Crippen LogP contribution in [0.15, 0.2) is 24.3 Å². The van der Waals surface area contributed by atoms with Crippen LogP contribution >= 0.6 is 0 Å². The van der Waals surface area contributed by atoms with Crippen molar-refractivity contribution in [3.63, 3.8) is 0 Å². The van der Waals surface area contributed by atoms with Crippen LogP contribution in [-0.4, -0.2) is 46.8 Å². The highest BCUT2D eigenvalue weighted by Crippen LogP contribution is 2.39. The van der Waals surface area contributed by atoms with Gasteiger partial charge in [0, 0.05) is 38.0 Å². The van der Waals surface area contributed by atoms with Gasteiger partial charge < -0.3 is 14.5 Å². The fourth-order valence-electron chi connectivity index (χ4n) is 4.28. The summed E-state index contributed by atoms with van der Waals surface area (Å²) in [5, 5.41) is 0. The highest BCUT2D eigenvalue weighted by atomic mass is 16.5. The number of carbonyl (C=O) groups is 2. The maximum atomic E-state index is 13.0. The summed E-state index contributed by atoms with van der Waals surface area (Å²) in [6.07, 6.45) is 4.37. The van der Waals surface area contributed by atoms with Gasteiger partial charge in [-0.25, -0.2) is 0 Å². The van der Waals surface area contributed by atoms with Crippen molar-refractivity contribution in [3.05, 3.63) is 29.8 Å². The summed E-state index contributed by atoms with van der Waals surface area (Å²) in [7, 11) is 1.88. The summed E-state index contributed by atoms with van der Waals surface area (Å²) >= 11 is 0. The van der Waals surface area contributed by atoms with Gasteiger partial charge in [0.25, 0.3) is 0 Å². The molecule has 1 unspecified atom stereocenters. The molecule has 1 aromatic rings. The van der Waals surface area contributed by atoms with Crippen molar-refractivity contribution < 1.29 is 14.3 Å². The monoisotopic (exact) mass is 372 g/mol. The molecule has 1 aliphatic carbocycles. The van der Waals surface area contributed by atoms with E-state index in [1.807, 2.05) is 42.0 Å². The summed E-state index contributed by atoms with van der Waals surface area (Å²) in [6, 6.07) is 8.33. The predicted octanol–water partition coefficient (Wildman–Crippen LogP) is 3.61. The van der Waals surface area contributed by atoms with E-state index in [2.05, 4.69) is 13.0 Å². The lowest BCUT2D eigenvalue weighted by atomic mass is 9.81. The molecule has 1 aromatic carbocycles. The third kappa shape index (κ3) is 4.12. The number of benzene rings is 1. The van der Waals surface area contributed by atoms with Crippen molar-refractivity contribution in [2.24, 2.45) is 5.92 Å². The van der Waals surface area contributed by atoms with Crippen molar-refractivity contribution in [2.45, 2.75) is 71.1 Å². The molecule has 0 bridgehead atoms. The topological polar surface area (TPSA) is 49.9 Å². The molecule has 1 spiro atoms. The third-order valence-electron chi connectivity index (χ3n) is 6.40.